The summed E-state index contributed by atoms with van der Waals surface area (Å²) in [7, 11) is 0. The molecule has 1 heterocycles. The summed E-state index contributed by atoms with van der Waals surface area (Å²) in [5.74, 6) is -1.78. The normalized spacial score (nSPS) is 17.7. The Morgan fingerprint density at radius 2 is 1.78 bits per heavy atom. The molecule has 5 nitrogen and oxygen atoms in total. The van der Waals surface area contributed by atoms with Gasteiger partial charge < -0.3 is 10.5 Å². The summed E-state index contributed by atoms with van der Waals surface area (Å²) in [6.07, 6.45) is 0.856. The first-order valence-corrected chi connectivity index (χ1v) is 10.4. The van der Waals surface area contributed by atoms with Crippen molar-refractivity contribution in [1.29, 1.82) is 0 Å². The van der Waals surface area contributed by atoms with E-state index < -0.39 is 22.8 Å². The average molecular weight is 553 g/mol. The lowest BCUT2D eigenvalue weighted by Crippen LogP contribution is -2.49. The fraction of sp³-hybridized carbons (Fsp3) is 0.364. The van der Waals surface area contributed by atoms with Crippen molar-refractivity contribution < 1.29 is 18.3 Å². The molecule has 1 aliphatic rings. The second-order valence-corrected chi connectivity index (χ2v) is 9.10. The second kappa shape index (κ2) is 10.9. The van der Waals surface area contributed by atoms with Crippen LogP contribution in [-0.4, -0.2) is 23.4 Å². The highest BCUT2D eigenvalue weighted by Gasteiger charge is 2.51. The van der Waals surface area contributed by atoms with E-state index in [-0.39, 0.29) is 42.2 Å². The molecule has 2 N–H and O–H groups in total. The maximum absolute atomic E-state index is 14.5. The molecule has 1 atom stereocenters. The Labute approximate surface area is 207 Å². The van der Waals surface area contributed by atoms with Crippen LogP contribution >= 0.6 is 40.7 Å². The third-order valence-corrected chi connectivity index (χ3v) is 5.33. The third kappa shape index (κ3) is 5.60. The van der Waals surface area contributed by atoms with Crippen LogP contribution in [0.1, 0.15) is 44.7 Å². The summed E-state index contributed by atoms with van der Waals surface area (Å²) in [5, 5.41) is 5.61. The molecule has 0 spiro atoms. The number of rotatable bonds is 5. The first kappa shape index (κ1) is 28.3. The maximum Gasteiger partial charge on any atom is 0.251 e. The standard InChI is InChI=1S/C22H24BrF2N3O2.2ClH/c1-21(2,3)20(29)28-22(11-4-12-26,14-5-7-15(23)8-6-14)30-19(27-28)17-13-16(24)9-10-18(17)25;;/h5-10,13H,4,11-12,26H2,1-3H3;2*1H. The van der Waals surface area contributed by atoms with Gasteiger partial charge in [-0.1, -0.05) is 48.8 Å². The highest BCUT2D eigenvalue weighted by molar-refractivity contribution is 9.10. The third-order valence-electron chi connectivity index (χ3n) is 4.81. The number of benzene rings is 2. The highest BCUT2D eigenvalue weighted by atomic mass is 79.9. The summed E-state index contributed by atoms with van der Waals surface area (Å²) in [5.41, 5.74) is 4.16. The molecule has 0 bridgehead atoms. The summed E-state index contributed by atoms with van der Waals surface area (Å²) in [6, 6.07) is 10.3. The molecule has 0 saturated heterocycles. The Balaban J connectivity index is 0.00000256. The van der Waals surface area contributed by atoms with E-state index in [1.165, 1.54) is 5.01 Å². The van der Waals surface area contributed by atoms with Gasteiger partial charge in [-0.05, 0) is 43.3 Å². The monoisotopic (exact) mass is 551 g/mol. The van der Waals surface area contributed by atoms with Crippen LogP contribution < -0.4 is 5.73 Å². The van der Waals surface area contributed by atoms with Gasteiger partial charge >= 0.3 is 0 Å². The molecular formula is C22H26BrCl2F2N3O2. The van der Waals surface area contributed by atoms with Crippen molar-refractivity contribution in [2.75, 3.05) is 6.54 Å². The lowest BCUT2D eigenvalue weighted by atomic mass is 9.91. The van der Waals surface area contributed by atoms with Gasteiger partial charge in [-0.2, -0.15) is 5.01 Å². The fourth-order valence-electron chi connectivity index (χ4n) is 3.23. The van der Waals surface area contributed by atoms with E-state index in [9.17, 15) is 13.6 Å². The molecule has 3 rings (SSSR count). The SMILES string of the molecule is CC(C)(C)C(=O)N1N=C(c2cc(F)ccc2F)OC1(CCCN)c1ccc(Br)cc1.Cl.Cl. The topological polar surface area (TPSA) is 67.9 Å². The lowest BCUT2D eigenvalue weighted by molar-refractivity contribution is -0.161. The highest BCUT2D eigenvalue weighted by Crippen LogP contribution is 2.43. The maximum atomic E-state index is 14.5. The number of ether oxygens (including phenoxy) is 1. The van der Waals surface area contributed by atoms with E-state index in [0.29, 0.717) is 24.9 Å². The Morgan fingerprint density at radius 1 is 1.16 bits per heavy atom. The summed E-state index contributed by atoms with van der Waals surface area (Å²) in [6.45, 7) is 5.66. The first-order chi connectivity index (χ1) is 14.1. The molecule has 0 aliphatic carbocycles. The van der Waals surface area contributed by atoms with Crippen LogP contribution in [0.25, 0.3) is 0 Å². The van der Waals surface area contributed by atoms with E-state index in [2.05, 4.69) is 21.0 Å². The number of hydrogen-bond acceptors (Lipinski definition) is 4. The fourth-order valence-corrected chi connectivity index (χ4v) is 3.49. The van der Waals surface area contributed by atoms with Gasteiger partial charge in [-0.25, -0.2) is 8.78 Å². The zero-order valence-corrected chi connectivity index (χ0v) is 21.1. The van der Waals surface area contributed by atoms with E-state index in [0.717, 1.165) is 22.7 Å². The van der Waals surface area contributed by atoms with Crippen molar-refractivity contribution in [3.63, 3.8) is 0 Å². The molecule has 0 radical (unpaired) electrons. The van der Waals surface area contributed by atoms with Crippen molar-refractivity contribution >= 4 is 52.5 Å². The van der Waals surface area contributed by atoms with Crippen molar-refractivity contribution in [3.8, 4) is 0 Å². The van der Waals surface area contributed by atoms with Crippen LogP contribution in [0, 0.1) is 17.0 Å². The molecule has 0 saturated carbocycles. The van der Waals surface area contributed by atoms with Crippen LogP contribution in [0.2, 0.25) is 0 Å². The molecular weight excluding hydrogens is 527 g/mol. The zero-order chi connectivity index (χ0) is 22.1. The van der Waals surface area contributed by atoms with Gasteiger partial charge in [-0.3, -0.25) is 4.79 Å². The minimum Gasteiger partial charge on any atom is -0.443 e. The zero-order valence-electron chi connectivity index (χ0n) is 17.9. The largest absolute Gasteiger partial charge is 0.443 e. The molecule has 32 heavy (non-hydrogen) atoms. The quantitative estimate of drug-likeness (QED) is 0.515. The van der Waals surface area contributed by atoms with Crippen molar-refractivity contribution in [2.45, 2.75) is 39.3 Å². The molecule has 2 aromatic rings. The molecule has 1 unspecified atom stereocenters. The summed E-state index contributed by atoms with van der Waals surface area (Å²) >= 11 is 3.40. The van der Waals surface area contributed by atoms with Crippen LogP contribution in [0.3, 0.4) is 0 Å². The average Bonchev–Trinajstić information content (AvgIpc) is 3.07. The van der Waals surface area contributed by atoms with Gasteiger partial charge in [0.2, 0.25) is 11.6 Å². The minimum atomic E-state index is -1.32. The molecule has 0 fully saturated rings. The van der Waals surface area contributed by atoms with E-state index >= 15 is 0 Å². The smallest absolute Gasteiger partial charge is 0.251 e. The van der Waals surface area contributed by atoms with E-state index in [1.54, 1.807) is 20.8 Å². The van der Waals surface area contributed by atoms with Crippen LogP contribution in [-0.2, 0) is 15.3 Å². The van der Waals surface area contributed by atoms with Gasteiger partial charge in [0.05, 0.1) is 5.56 Å². The molecule has 10 heteroatoms. The Morgan fingerprint density at radius 3 is 2.34 bits per heavy atom. The minimum absolute atomic E-state index is 0. The van der Waals surface area contributed by atoms with Crippen molar-refractivity contribution in [3.05, 3.63) is 69.7 Å². The number of hydrogen-bond donors (Lipinski definition) is 1. The van der Waals surface area contributed by atoms with E-state index in [1.807, 2.05) is 24.3 Å². The summed E-state index contributed by atoms with van der Waals surface area (Å²) in [4.78, 5) is 13.3. The molecule has 0 aromatic heterocycles. The number of carbonyl (C=O) groups is 1. The number of nitrogens with two attached hydrogens (primary N) is 1. The molecule has 1 amide bonds. The van der Waals surface area contributed by atoms with Gasteiger partial charge in [0.25, 0.3) is 5.91 Å². The molecule has 2 aromatic carbocycles. The van der Waals surface area contributed by atoms with Gasteiger partial charge in [0.1, 0.15) is 11.6 Å². The van der Waals surface area contributed by atoms with Gasteiger partial charge in [0, 0.05) is 21.9 Å². The van der Waals surface area contributed by atoms with Crippen molar-refractivity contribution in [2.24, 2.45) is 16.3 Å². The predicted molar refractivity (Wildman–Crippen MR) is 129 cm³/mol. The van der Waals surface area contributed by atoms with Gasteiger partial charge in [-0.15, -0.1) is 29.9 Å². The Hall–Kier alpha value is -1.74. The van der Waals surface area contributed by atoms with Crippen molar-refractivity contribution in [1.82, 2.24) is 5.01 Å². The molecule has 176 valence electrons. The second-order valence-electron chi connectivity index (χ2n) is 8.18. The number of halogens is 5. The number of nitrogens with zero attached hydrogens (tertiary/aromatic N) is 2. The van der Waals surface area contributed by atoms with Crippen LogP contribution in [0.15, 0.2) is 52.0 Å². The van der Waals surface area contributed by atoms with Crippen LogP contribution in [0.5, 0.6) is 0 Å². The Kier molecular flexibility index (Phi) is 9.65. The number of hydrazone groups is 1. The van der Waals surface area contributed by atoms with Gasteiger partial charge in [0.15, 0.2) is 0 Å². The van der Waals surface area contributed by atoms with E-state index in [4.69, 9.17) is 10.5 Å². The summed E-state index contributed by atoms with van der Waals surface area (Å²) < 4.78 is 35.4. The number of amides is 1. The lowest BCUT2D eigenvalue weighted by Gasteiger charge is -2.38. The number of carbonyl (C=O) groups excluding carboxylic acids is 1. The molecule has 1 aliphatic heterocycles. The predicted octanol–water partition coefficient (Wildman–Crippen LogP) is 5.73. The first-order valence-electron chi connectivity index (χ1n) is 9.62. The Bertz CT molecular complexity index is 984. The van der Waals surface area contributed by atoms with Crippen LogP contribution in [0.4, 0.5) is 8.78 Å².